The van der Waals surface area contributed by atoms with Crippen molar-refractivity contribution in [3.63, 3.8) is 0 Å². The summed E-state index contributed by atoms with van der Waals surface area (Å²) in [5, 5.41) is 0. The Hall–Kier alpha value is -1.38. The number of nitrogens with zero attached hydrogens (tertiary/aromatic N) is 3. The van der Waals surface area contributed by atoms with Crippen LogP contribution in [0.15, 0.2) is 6.08 Å². The molecule has 0 N–H and O–H groups in total. The van der Waals surface area contributed by atoms with Gasteiger partial charge < -0.3 is 9.64 Å². The second-order valence-corrected chi connectivity index (χ2v) is 5.01. The molecule has 0 saturated heterocycles. The molecule has 0 saturated carbocycles. The van der Waals surface area contributed by atoms with Crippen molar-refractivity contribution in [3.05, 3.63) is 11.8 Å². The van der Waals surface area contributed by atoms with Crippen LogP contribution in [0.4, 0.5) is 0 Å². The molecule has 1 aromatic heterocycles. The highest BCUT2D eigenvalue weighted by Crippen LogP contribution is 2.26. The van der Waals surface area contributed by atoms with E-state index in [2.05, 4.69) is 38.6 Å². The predicted octanol–water partition coefficient (Wildman–Crippen LogP) is 2.44. The monoisotopic (exact) mass is 277 g/mol. The van der Waals surface area contributed by atoms with Gasteiger partial charge in [0.05, 0.1) is 11.7 Å². The van der Waals surface area contributed by atoms with Crippen LogP contribution >= 0.6 is 11.7 Å². The first-order chi connectivity index (χ1) is 9.31. The fourth-order valence-corrected chi connectivity index (χ4v) is 2.48. The summed E-state index contributed by atoms with van der Waals surface area (Å²) < 4.78 is 14.3. The van der Waals surface area contributed by atoms with Crippen LogP contribution in [0.3, 0.4) is 0 Å². The van der Waals surface area contributed by atoms with E-state index < -0.39 is 0 Å². The molecule has 0 bridgehead atoms. The quantitative estimate of drug-likeness (QED) is 0.626. The van der Waals surface area contributed by atoms with Gasteiger partial charge in [0.1, 0.15) is 12.3 Å². The second-order valence-electron chi connectivity index (χ2n) is 4.48. The molecule has 0 spiro atoms. The van der Waals surface area contributed by atoms with Crippen LogP contribution in [-0.2, 0) is 0 Å². The lowest BCUT2D eigenvalue weighted by Gasteiger charge is -2.22. The van der Waals surface area contributed by atoms with E-state index >= 15 is 0 Å². The van der Waals surface area contributed by atoms with Crippen LogP contribution in [0.1, 0.15) is 31.9 Å². The van der Waals surface area contributed by atoms with Gasteiger partial charge in [-0.15, -0.1) is 10.3 Å². The molecule has 1 aliphatic heterocycles. The molecule has 0 unspecified atom stereocenters. The molecule has 0 amide bonds. The van der Waals surface area contributed by atoms with Gasteiger partial charge in [-0.1, -0.05) is 18.9 Å². The van der Waals surface area contributed by atoms with Crippen LogP contribution in [0, 0.1) is 11.8 Å². The first-order valence-electron chi connectivity index (χ1n) is 6.60. The number of hydrogen-bond donors (Lipinski definition) is 0. The highest BCUT2D eigenvalue weighted by atomic mass is 32.1. The van der Waals surface area contributed by atoms with Crippen molar-refractivity contribution >= 4 is 17.3 Å². The molecule has 4 nitrogen and oxygen atoms in total. The molecule has 0 aliphatic carbocycles. The third-order valence-corrected chi connectivity index (χ3v) is 3.38. The van der Waals surface area contributed by atoms with Gasteiger partial charge in [0.15, 0.2) is 0 Å². The van der Waals surface area contributed by atoms with Gasteiger partial charge in [-0.2, -0.15) is 4.37 Å². The number of rotatable bonds is 4. The zero-order valence-electron chi connectivity index (χ0n) is 11.5. The molecule has 0 atom stereocenters. The zero-order chi connectivity index (χ0) is 13.5. The molecule has 0 fully saturated rings. The Balaban J connectivity index is 1.96. The summed E-state index contributed by atoms with van der Waals surface area (Å²) in [4.78, 5) is 2.28. The lowest BCUT2D eigenvalue weighted by Crippen LogP contribution is -2.25. The Morgan fingerprint density at radius 2 is 2.32 bits per heavy atom. The fraction of sp³-hybridized carbons (Fsp3) is 0.571. The highest BCUT2D eigenvalue weighted by Gasteiger charge is 2.18. The number of hydrogen-bond acceptors (Lipinski definition) is 5. The largest absolute Gasteiger partial charge is 0.474 e. The zero-order valence-corrected chi connectivity index (χ0v) is 12.3. The normalized spacial score (nSPS) is 15.6. The fourth-order valence-electron chi connectivity index (χ4n) is 1.95. The molecule has 1 aromatic rings. The van der Waals surface area contributed by atoms with Crippen molar-refractivity contribution in [1.29, 1.82) is 0 Å². The number of likely N-dealkylation sites (N-methyl/N-ethyl adjacent to an activating group) is 1. The van der Waals surface area contributed by atoms with Crippen LogP contribution in [0.25, 0.3) is 5.57 Å². The molecule has 5 heteroatoms. The van der Waals surface area contributed by atoms with Gasteiger partial charge >= 0.3 is 0 Å². The van der Waals surface area contributed by atoms with Crippen molar-refractivity contribution in [3.8, 4) is 17.7 Å². The number of aromatic nitrogens is 2. The Morgan fingerprint density at radius 1 is 1.42 bits per heavy atom. The summed E-state index contributed by atoms with van der Waals surface area (Å²) in [6.45, 7) is 4.64. The standard InChI is InChI=1S/C14H19N3OS/c1-3-4-5-6-10-18-14-13(15-19-16-14)12-8-7-9-17(2)11-12/h8H,3,6-7,9-11H2,1-2H3. The van der Waals surface area contributed by atoms with Gasteiger partial charge in [-0.05, 0) is 19.0 Å². The first-order valence-corrected chi connectivity index (χ1v) is 7.33. The average Bonchev–Trinajstić information content (AvgIpc) is 2.87. The van der Waals surface area contributed by atoms with Gasteiger partial charge in [-0.3, -0.25) is 0 Å². The lowest BCUT2D eigenvalue weighted by atomic mass is 10.1. The molecule has 2 heterocycles. The van der Waals surface area contributed by atoms with E-state index in [9.17, 15) is 0 Å². The van der Waals surface area contributed by atoms with E-state index in [-0.39, 0.29) is 0 Å². The van der Waals surface area contributed by atoms with Crippen molar-refractivity contribution in [1.82, 2.24) is 13.6 Å². The minimum Gasteiger partial charge on any atom is -0.474 e. The van der Waals surface area contributed by atoms with Gasteiger partial charge in [0.2, 0.25) is 0 Å². The van der Waals surface area contributed by atoms with Crippen molar-refractivity contribution in [2.75, 3.05) is 26.7 Å². The molecular formula is C14H19N3OS. The maximum Gasteiger partial charge on any atom is 0.253 e. The summed E-state index contributed by atoms with van der Waals surface area (Å²) in [5.74, 6) is 6.75. The Kier molecular flexibility index (Phi) is 5.37. The summed E-state index contributed by atoms with van der Waals surface area (Å²) in [5.41, 5.74) is 2.12. The smallest absolute Gasteiger partial charge is 0.253 e. The number of ether oxygens (including phenoxy) is 1. The third kappa shape index (κ3) is 4.05. The maximum atomic E-state index is 5.69. The molecule has 2 rings (SSSR count). The van der Waals surface area contributed by atoms with Gasteiger partial charge in [0, 0.05) is 25.9 Å². The molecule has 1 aliphatic rings. The molecule has 0 aromatic carbocycles. The van der Waals surface area contributed by atoms with E-state index in [1.807, 2.05) is 6.92 Å². The van der Waals surface area contributed by atoms with E-state index in [1.54, 1.807) is 0 Å². The van der Waals surface area contributed by atoms with Crippen LogP contribution < -0.4 is 4.74 Å². The second kappa shape index (κ2) is 7.27. The molecule has 0 radical (unpaired) electrons. The minimum atomic E-state index is 0.578. The Bertz CT molecular complexity index is 498. The van der Waals surface area contributed by atoms with Crippen LogP contribution in [0.2, 0.25) is 0 Å². The Morgan fingerprint density at radius 3 is 3.11 bits per heavy atom. The van der Waals surface area contributed by atoms with Crippen molar-refractivity contribution in [2.24, 2.45) is 0 Å². The SMILES string of the molecule is CCC#CCCOc1nsnc1C1=CCCN(C)C1. The van der Waals surface area contributed by atoms with Gasteiger partial charge in [0.25, 0.3) is 5.88 Å². The first kappa shape index (κ1) is 14.0. The summed E-state index contributed by atoms with van der Waals surface area (Å²) in [7, 11) is 2.12. The molecular weight excluding hydrogens is 258 g/mol. The third-order valence-electron chi connectivity index (χ3n) is 2.87. The summed E-state index contributed by atoms with van der Waals surface area (Å²) in [6.07, 6.45) is 4.93. The van der Waals surface area contributed by atoms with E-state index in [0.717, 1.165) is 38.0 Å². The van der Waals surface area contributed by atoms with Gasteiger partial charge in [-0.25, -0.2) is 0 Å². The van der Waals surface area contributed by atoms with Crippen molar-refractivity contribution in [2.45, 2.75) is 26.2 Å². The highest BCUT2D eigenvalue weighted by molar-refractivity contribution is 6.99. The van der Waals surface area contributed by atoms with E-state index in [0.29, 0.717) is 12.5 Å². The van der Waals surface area contributed by atoms with Crippen molar-refractivity contribution < 1.29 is 4.74 Å². The summed E-state index contributed by atoms with van der Waals surface area (Å²) in [6, 6.07) is 0. The average molecular weight is 277 g/mol. The molecule has 19 heavy (non-hydrogen) atoms. The maximum absolute atomic E-state index is 5.69. The summed E-state index contributed by atoms with van der Waals surface area (Å²) >= 11 is 1.21. The van der Waals surface area contributed by atoms with Crippen LogP contribution in [-0.4, -0.2) is 40.4 Å². The van der Waals surface area contributed by atoms with E-state index in [4.69, 9.17) is 4.74 Å². The predicted molar refractivity (Wildman–Crippen MR) is 78.2 cm³/mol. The lowest BCUT2D eigenvalue weighted by molar-refractivity contribution is 0.315. The topological polar surface area (TPSA) is 38.3 Å². The van der Waals surface area contributed by atoms with E-state index in [1.165, 1.54) is 17.3 Å². The molecule has 102 valence electrons. The Labute approximate surface area is 118 Å². The van der Waals surface area contributed by atoms with Crippen LogP contribution in [0.5, 0.6) is 5.88 Å². The minimum absolute atomic E-state index is 0.578.